The van der Waals surface area contributed by atoms with Crippen LogP contribution in [0.15, 0.2) is 12.4 Å². The SMILES string of the molecule is CC(CNC(=O)c1cnc(N2CCOCC2)nc1)N1CCOCC1. The van der Waals surface area contributed by atoms with E-state index in [0.29, 0.717) is 31.3 Å². The third kappa shape index (κ3) is 4.40. The molecule has 0 spiro atoms. The fourth-order valence-corrected chi connectivity index (χ4v) is 2.85. The maximum atomic E-state index is 12.3. The van der Waals surface area contributed by atoms with Gasteiger partial charge in [0, 0.05) is 51.2 Å². The number of anilines is 1. The smallest absolute Gasteiger partial charge is 0.254 e. The number of nitrogens with zero attached hydrogens (tertiary/aromatic N) is 4. The van der Waals surface area contributed by atoms with Crippen LogP contribution < -0.4 is 10.2 Å². The van der Waals surface area contributed by atoms with Crippen LogP contribution in [0.5, 0.6) is 0 Å². The molecule has 0 bridgehead atoms. The van der Waals surface area contributed by atoms with Crippen molar-refractivity contribution in [2.24, 2.45) is 0 Å². The van der Waals surface area contributed by atoms with Gasteiger partial charge < -0.3 is 19.7 Å². The highest BCUT2D eigenvalue weighted by molar-refractivity contribution is 5.93. The summed E-state index contributed by atoms with van der Waals surface area (Å²) in [6.45, 7) is 8.99. The van der Waals surface area contributed by atoms with E-state index >= 15 is 0 Å². The summed E-state index contributed by atoms with van der Waals surface area (Å²) < 4.78 is 10.7. The Bertz CT molecular complexity index is 527. The van der Waals surface area contributed by atoms with Crippen molar-refractivity contribution in [2.75, 3.05) is 64.1 Å². The highest BCUT2D eigenvalue weighted by Crippen LogP contribution is 2.09. The maximum absolute atomic E-state index is 12.3. The Morgan fingerprint density at radius 3 is 2.33 bits per heavy atom. The van der Waals surface area contributed by atoms with Crippen molar-refractivity contribution in [3.05, 3.63) is 18.0 Å². The Balaban J connectivity index is 1.49. The number of hydrogen-bond acceptors (Lipinski definition) is 7. The third-order valence-electron chi connectivity index (χ3n) is 4.42. The van der Waals surface area contributed by atoms with E-state index < -0.39 is 0 Å². The topological polar surface area (TPSA) is 79.8 Å². The molecule has 8 heteroatoms. The number of nitrogens with one attached hydrogen (secondary N) is 1. The standard InChI is InChI=1S/C16H25N5O3/c1-13(20-2-6-23-7-3-20)10-17-15(22)14-11-18-16(19-12-14)21-4-8-24-9-5-21/h11-13H,2-10H2,1H3,(H,17,22). The Morgan fingerprint density at radius 2 is 1.71 bits per heavy atom. The summed E-state index contributed by atoms with van der Waals surface area (Å²) in [6, 6.07) is 0.284. The first-order chi connectivity index (χ1) is 11.7. The predicted molar refractivity (Wildman–Crippen MR) is 89.3 cm³/mol. The molecule has 1 amide bonds. The summed E-state index contributed by atoms with van der Waals surface area (Å²) >= 11 is 0. The van der Waals surface area contributed by atoms with Gasteiger partial charge >= 0.3 is 0 Å². The van der Waals surface area contributed by atoms with Crippen molar-refractivity contribution in [3.63, 3.8) is 0 Å². The van der Waals surface area contributed by atoms with Crippen LogP contribution in [0, 0.1) is 0 Å². The molecule has 2 aliphatic heterocycles. The predicted octanol–water partition coefficient (Wildman–Crippen LogP) is -0.236. The van der Waals surface area contributed by atoms with Gasteiger partial charge in [-0.15, -0.1) is 0 Å². The second kappa shape index (κ2) is 8.36. The second-order valence-electron chi connectivity index (χ2n) is 6.08. The molecular weight excluding hydrogens is 310 g/mol. The molecule has 0 aliphatic carbocycles. The fourth-order valence-electron chi connectivity index (χ4n) is 2.85. The van der Waals surface area contributed by atoms with Crippen LogP contribution in [-0.4, -0.2) is 86.0 Å². The summed E-state index contributed by atoms with van der Waals surface area (Å²) in [5.41, 5.74) is 0.487. The molecule has 132 valence electrons. The molecular formula is C16H25N5O3. The lowest BCUT2D eigenvalue weighted by Crippen LogP contribution is -2.47. The number of rotatable bonds is 5. The Hall–Kier alpha value is -1.77. The first kappa shape index (κ1) is 17.1. The van der Waals surface area contributed by atoms with E-state index in [9.17, 15) is 4.79 Å². The maximum Gasteiger partial charge on any atom is 0.254 e. The Morgan fingerprint density at radius 1 is 1.12 bits per heavy atom. The van der Waals surface area contributed by atoms with Gasteiger partial charge in [-0.05, 0) is 6.92 Å². The monoisotopic (exact) mass is 335 g/mol. The van der Waals surface area contributed by atoms with Crippen molar-refractivity contribution >= 4 is 11.9 Å². The van der Waals surface area contributed by atoms with Gasteiger partial charge in [-0.3, -0.25) is 9.69 Å². The fraction of sp³-hybridized carbons (Fsp3) is 0.688. The average molecular weight is 335 g/mol. The first-order valence-corrected chi connectivity index (χ1v) is 8.49. The molecule has 3 heterocycles. The molecule has 3 rings (SSSR count). The summed E-state index contributed by atoms with van der Waals surface area (Å²) in [5.74, 6) is 0.514. The second-order valence-corrected chi connectivity index (χ2v) is 6.08. The van der Waals surface area contributed by atoms with Crippen LogP contribution in [0.4, 0.5) is 5.95 Å². The van der Waals surface area contributed by atoms with Crippen LogP contribution in [0.2, 0.25) is 0 Å². The molecule has 0 aromatic carbocycles. The normalized spacial score (nSPS) is 20.6. The Kier molecular flexibility index (Phi) is 5.95. The molecule has 2 aliphatic rings. The van der Waals surface area contributed by atoms with Gasteiger partial charge in [0.05, 0.1) is 32.0 Å². The number of amides is 1. The van der Waals surface area contributed by atoms with Crippen molar-refractivity contribution in [2.45, 2.75) is 13.0 Å². The molecule has 1 aromatic heterocycles. The summed E-state index contributed by atoms with van der Waals surface area (Å²) in [5, 5.41) is 2.96. The minimum atomic E-state index is -0.136. The van der Waals surface area contributed by atoms with E-state index in [4.69, 9.17) is 9.47 Å². The van der Waals surface area contributed by atoms with E-state index in [1.54, 1.807) is 12.4 Å². The highest BCUT2D eigenvalue weighted by Gasteiger charge is 2.18. The van der Waals surface area contributed by atoms with Gasteiger partial charge in [-0.1, -0.05) is 0 Å². The van der Waals surface area contributed by atoms with E-state index in [-0.39, 0.29) is 11.9 Å². The quantitative estimate of drug-likeness (QED) is 0.796. The molecule has 24 heavy (non-hydrogen) atoms. The number of aromatic nitrogens is 2. The lowest BCUT2D eigenvalue weighted by Gasteiger charge is -2.32. The van der Waals surface area contributed by atoms with E-state index in [0.717, 1.165) is 39.4 Å². The summed E-state index contributed by atoms with van der Waals surface area (Å²) in [4.78, 5) is 25.3. The van der Waals surface area contributed by atoms with Gasteiger partial charge in [-0.25, -0.2) is 9.97 Å². The van der Waals surface area contributed by atoms with Crippen LogP contribution in [0.3, 0.4) is 0 Å². The van der Waals surface area contributed by atoms with Gasteiger partial charge in [0.15, 0.2) is 0 Å². The van der Waals surface area contributed by atoms with Crippen molar-refractivity contribution in [1.29, 1.82) is 0 Å². The van der Waals surface area contributed by atoms with Gasteiger partial charge in [0.1, 0.15) is 0 Å². The number of ether oxygens (including phenoxy) is 2. The number of carbonyl (C=O) groups is 1. The number of carbonyl (C=O) groups excluding carboxylic acids is 1. The van der Waals surface area contributed by atoms with E-state index in [1.807, 2.05) is 0 Å². The summed E-state index contributed by atoms with van der Waals surface area (Å²) in [7, 11) is 0. The zero-order chi connectivity index (χ0) is 16.8. The molecule has 1 N–H and O–H groups in total. The van der Waals surface area contributed by atoms with E-state index in [1.165, 1.54) is 0 Å². The van der Waals surface area contributed by atoms with Gasteiger partial charge in [0.2, 0.25) is 5.95 Å². The van der Waals surface area contributed by atoms with E-state index in [2.05, 4.69) is 32.0 Å². The van der Waals surface area contributed by atoms with Crippen molar-refractivity contribution < 1.29 is 14.3 Å². The molecule has 2 fully saturated rings. The highest BCUT2D eigenvalue weighted by atomic mass is 16.5. The number of hydrogen-bond donors (Lipinski definition) is 1. The lowest BCUT2D eigenvalue weighted by molar-refractivity contribution is 0.0204. The number of morpholine rings is 2. The third-order valence-corrected chi connectivity index (χ3v) is 4.42. The Labute approximate surface area is 142 Å². The molecule has 2 saturated heterocycles. The first-order valence-electron chi connectivity index (χ1n) is 8.49. The molecule has 0 radical (unpaired) electrons. The lowest BCUT2D eigenvalue weighted by atomic mass is 10.2. The zero-order valence-electron chi connectivity index (χ0n) is 14.1. The minimum Gasteiger partial charge on any atom is -0.379 e. The van der Waals surface area contributed by atoms with Gasteiger partial charge in [-0.2, -0.15) is 0 Å². The summed E-state index contributed by atoms with van der Waals surface area (Å²) in [6.07, 6.45) is 3.18. The van der Waals surface area contributed by atoms with Crippen LogP contribution in [0.25, 0.3) is 0 Å². The van der Waals surface area contributed by atoms with Crippen LogP contribution in [0.1, 0.15) is 17.3 Å². The van der Waals surface area contributed by atoms with Crippen LogP contribution in [-0.2, 0) is 9.47 Å². The van der Waals surface area contributed by atoms with Gasteiger partial charge in [0.25, 0.3) is 5.91 Å². The van der Waals surface area contributed by atoms with Crippen LogP contribution >= 0.6 is 0 Å². The van der Waals surface area contributed by atoms with Crippen molar-refractivity contribution in [1.82, 2.24) is 20.2 Å². The largest absolute Gasteiger partial charge is 0.379 e. The zero-order valence-corrected chi connectivity index (χ0v) is 14.1. The molecule has 8 nitrogen and oxygen atoms in total. The molecule has 1 unspecified atom stereocenters. The minimum absolute atomic E-state index is 0.136. The van der Waals surface area contributed by atoms with Crippen molar-refractivity contribution in [3.8, 4) is 0 Å². The molecule has 1 atom stereocenters. The molecule has 1 aromatic rings. The molecule has 0 saturated carbocycles. The average Bonchev–Trinajstić information content (AvgIpc) is 2.67.